The van der Waals surface area contributed by atoms with Crippen LogP contribution >= 0.6 is 0 Å². The third kappa shape index (κ3) is 2.38. The van der Waals surface area contributed by atoms with Crippen LogP contribution in [0.1, 0.15) is 24.8 Å². The number of benzene rings is 1. The summed E-state index contributed by atoms with van der Waals surface area (Å²) in [6.45, 7) is 0. The number of nitrogens with zero attached hydrogens (tertiary/aromatic N) is 1. The zero-order valence-electron chi connectivity index (χ0n) is 11.5. The third-order valence-electron chi connectivity index (χ3n) is 4.79. The molecule has 5 heteroatoms. The van der Waals surface area contributed by atoms with Crippen molar-refractivity contribution in [2.45, 2.75) is 19.3 Å². The molecule has 3 rings (SSSR count). The maximum Gasteiger partial charge on any atom is 0.307 e. The maximum absolute atomic E-state index is 12.4. The summed E-state index contributed by atoms with van der Waals surface area (Å²) in [7, 11) is 0. The topological polar surface area (TPSA) is 90.2 Å². The van der Waals surface area contributed by atoms with E-state index < -0.39 is 17.8 Å². The predicted molar refractivity (Wildman–Crippen MR) is 75.2 cm³/mol. The van der Waals surface area contributed by atoms with Crippen molar-refractivity contribution in [1.29, 1.82) is 5.26 Å². The van der Waals surface area contributed by atoms with Gasteiger partial charge in [-0.2, -0.15) is 5.26 Å². The van der Waals surface area contributed by atoms with E-state index >= 15 is 0 Å². The lowest BCUT2D eigenvalue weighted by atomic mass is 9.78. The number of hydrogen-bond donors (Lipinski definition) is 2. The van der Waals surface area contributed by atoms with E-state index in [1.54, 1.807) is 24.3 Å². The van der Waals surface area contributed by atoms with Crippen LogP contribution in [-0.2, 0) is 9.59 Å². The predicted octanol–water partition coefficient (Wildman–Crippen LogP) is 2.24. The highest BCUT2D eigenvalue weighted by atomic mass is 16.4. The van der Waals surface area contributed by atoms with E-state index in [-0.39, 0.29) is 17.7 Å². The maximum atomic E-state index is 12.4. The van der Waals surface area contributed by atoms with Gasteiger partial charge in [0.1, 0.15) is 0 Å². The van der Waals surface area contributed by atoms with Crippen LogP contribution in [0.15, 0.2) is 24.3 Å². The molecule has 0 aromatic heterocycles. The van der Waals surface area contributed by atoms with E-state index in [1.807, 2.05) is 6.07 Å². The second-order valence-electron chi connectivity index (χ2n) is 5.90. The standard InChI is InChI=1S/C16H16N2O3/c17-8-9-1-5-12(6-2-9)18-15(19)13-10-3-4-11(7-10)14(13)16(20)21/h1-2,5-6,10-11,13-14H,3-4,7H2,(H,18,19)(H,20,21). The number of carboxylic acid groups (broad SMARTS) is 1. The first-order chi connectivity index (χ1) is 10.1. The summed E-state index contributed by atoms with van der Waals surface area (Å²) in [4.78, 5) is 23.9. The molecule has 0 heterocycles. The molecular formula is C16H16N2O3. The quantitative estimate of drug-likeness (QED) is 0.890. The van der Waals surface area contributed by atoms with Crippen LogP contribution in [0.3, 0.4) is 0 Å². The average Bonchev–Trinajstić information content (AvgIpc) is 3.08. The Kier molecular flexibility index (Phi) is 3.38. The minimum atomic E-state index is -0.859. The van der Waals surface area contributed by atoms with Crippen molar-refractivity contribution in [1.82, 2.24) is 0 Å². The minimum absolute atomic E-state index is 0.143. The van der Waals surface area contributed by atoms with Gasteiger partial charge in [-0.1, -0.05) is 0 Å². The normalized spacial score (nSPS) is 29.9. The van der Waals surface area contributed by atoms with Crippen LogP contribution in [0.2, 0.25) is 0 Å². The number of carbonyl (C=O) groups excluding carboxylic acids is 1. The molecule has 1 aromatic rings. The van der Waals surface area contributed by atoms with Crippen LogP contribution in [-0.4, -0.2) is 17.0 Å². The van der Waals surface area contributed by atoms with Gasteiger partial charge in [0.05, 0.1) is 23.5 Å². The minimum Gasteiger partial charge on any atom is -0.481 e. The second-order valence-corrected chi connectivity index (χ2v) is 5.90. The molecule has 0 saturated heterocycles. The molecule has 1 aromatic carbocycles. The molecule has 5 nitrogen and oxygen atoms in total. The van der Waals surface area contributed by atoms with Crippen molar-refractivity contribution in [3.05, 3.63) is 29.8 Å². The zero-order chi connectivity index (χ0) is 15.0. The monoisotopic (exact) mass is 284 g/mol. The Bertz CT molecular complexity index is 617. The summed E-state index contributed by atoms with van der Waals surface area (Å²) in [6.07, 6.45) is 2.71. The summed E-state index contributed by atoms with van der Waals surface area (Å²) < 4.78 is 0. The summed E-state index contributed by atoms with van der Waals surface area (Å²) in [5.74, 6) is -1.72. The largest absolute Gasteiger partial charge is 0.481 e. The van der Waals surface area contributed by atoms with E-state index in [0.29, 0.717) is 11.3 Å². The number of carboxylic acids is 1. The highest BCUT2D eigenvalue weighted by molar-refractivity contribution is 5.96. The molecule has 1 amide bonds. The summed E-state index contributed by atoms with van der Waals surface area (Å²) >= 11 is 0. The first-order valence-electron chi connectivity index (χ1n) is 7.14. The highest BCUT2D eigenvalue weighted by Gasteiger charge is 2.53. The SMILES string of the molecule is N#Cc1ccc(NC(=O)C2C3CCC(C3)C2C(=O)O)cc1. The van der Waals surface area contributed by atoms with Crippen LogP contribution in [0.25, 0.3) is 0 Å². The van der Waals surface area contributed by atoms with Crippen molar-refractivity contribution < 1.29 is 14.7 Å². The third-order valence-corrected chi connectivity index (χ3v) is 4.79. The smallest absolute Gasteiger partial charge is 0.307 e. The molecular weight excluding hydrogens is 268 g/mol. The molecule has 4 unspecified atom stereocenters. The number of carbonyl (C=O) groups is 2. The van der Waals surface area contributed by atoms with Gasteiger partial charge in [0.2, 0.25) is 5.91 Å². The fraction of sp³-hybridized carbons (Fsp3) is 0.438. The number of nitrogens with one attached hydrogen (secondary N) is 1. The number of anilines is 1. The molecule has 2 fully saturated rings. The molecule has 2 saturated carbocycles. The van der Waals surface area contributed by atoms with Crippen LogP contribution < -0.4 is 5.32 Å². The second kappa shape index (κ2) is 5.21. The molecule has 0 radical (unpaired) electrons. The summed E-state index contributed by atoms with van der Waals surface area (Å²) in [6, 6.07) is 8.61. The first-order valence-corrected chi connectivity index (χ1v) is 7.14. The molecule has 2 aliphatic carbocycles. The number of hydrogen-bond acceptors (Lipinski definition) is 3. The summed E-state index contributed by atoms with van der Waals surface area (Å²) in [5, 5.41) is 20.9. The Morgan fingerprint density at radius 3 is 2.33 bits per heavy atom. The van der Waals surface area contributed by atoms with Gasteiger partial charge < -0.3 is 10.4 Å². The average molecular weight is 284 g/mol. The van der Waals surface area contributed by atoms with Crippen LogP contribution in [0.4, 0.5) is 5.69 Å². The molecule has 21 heavy (non-hydrogen) atoms. The first kappa shape index (κ1) is 13.6. The van der Waals surface area contributed by atoms with Crippen molar-refractivity contribution in [2.24, 2.45) is 23.7 Å². The van der Waals surface area contributed by atoms with E-state index in [1.165, 1.54) is 0 Å². The van der Waals surface area contributed by atoms with Crippen LogP contribution in [0, 0.1) is 35.0 Å². The van der Waals surface area contributed by atoms with Gasteiger partial charge in [0.15, 0.2) is 0 Å². The fourth-order valence-electron chi connectivity index (χ4n) is 3.88. The Labute approximate surface area is 122 Å². The van der Waals surface area contributed by atoms with Crippen molar-refractivity contribution >= 4 is 17.6 Å². The number of fused-ring (bicyclic) bond motifs is 2. The van der Waals surface area contributed by atoms with E-state index in [0.717, 1.165) is 19.3 Å². The van der Waals surface area contributed by atoms with E-state index in [2.05, 4.69) is 5.32 Å². The number of amides is 1. The number of aliphatic carboxylic acids is 1. The van der Waals surface area contributed by atoms with Gasteiger partial charge >= 0.3 is 5.97 Å². The lowest BCUT2D eigenvalue weighted by Gasteiger charge is -2.27. The van der Waals surface area contributed by atoms with Crippen molar-refractivity contribution in [2.75, 3.05) is 5.32 Å². The molecule has 2 bridgehead atoms. The van der Waals surface area contributed by atoms with Gasteiger partial charge in [-0.25, -0.2) is 0 Å². The number of rotatable bonds is 3. The molecule has 2 N–H and O–H groups in total. The Balaban J connectivity index is 1.75. The lowest BCUT2D eigenvalue weighted by Crippen LogP contribution is -2.37. The Morgan fingerprint density at radius 2 is 1.76 bits per heavy atom. The Morgan fingerprint density at radius 1 is 1.14 bits per heavy atom. The molecule has 2 aliphatic rings. The Hall–Kier alpha value is -2.35. The molecule has 4 atom stereocenters. The molecule has 108 valence electrons. The highest BCUT2D eigenvalue weighted by Crippen LogP contribution is 2.52. The van der Waals surface area contributed by atoms with Crippen LogP contribution in [0.5, 0.6) is 0 Å². The van der Waals surface area contributed by atoms with E-state index in [4.69, 9.17) is 5.26 Å². The zero-order valence-corrected chi connectivity index (χ0v) is 11.5. The number of nitriles is 1. The molecule has 0 aliphatic heterocycles. The van der Waals surface area contributed by atoms with Gasteiger partial charge in [-0.3, -0.25) is 9.59 Å². The van der Waals surface area contributed by atoms with Gasteiger partial charge in [-0.15, -0.1) is 0 Å². The van der Waals surface area contributed by atoms with Crippen molar-refractivity contribution in [3.8, 4) is 6.07 Å². The van der Waals surface area contributed by atoms with Gasteiger partial charge in [0, 0.05) is 5.69 Å². The molecule has 0 spiro atoms. The summed E-state index contributed by atoms with van der Waals surface area (Å²) in [5.41, 5.74) is 1.13. The van der Waals surface area contributed by atoms with E-state index in [9.17, 15) is 14.7 Å². The van der Waals surface area contributed by atoms with Crippen molar-refractivity contribution in [3.63, 3.8) is 0 Å². The van der Waals surface area contributed by atoms with Gasteiger partial charge in [0.25, 0.3) is 0 Å². The lowest BCUT2D eigenvalue weighted by molar-refractivity contribution is -0.148. The fourth-order valence-corrected chi connectivity index (χ4v) is 3.88. The van der Waals surface area contributed by atoms with Gasteiger partial charge in [-0.05, 0) is 55.4 Å².